The summed E-state index contributed by atoms with van der Waals surface area (Å²) in [5, 5.41) is 22.5. The number of rotatable bonds is 3. The Labute approximate surface area is 114 Å². The van der Waals surface area contributed by atoms with Gasteiger partial charge in [-0.15, -0.1) is 0 Å². The van der Waals surface area contributed by atoms with Gasteiger partial charge in [-0.3, -0.25) is 14.9 Å². The van der Waals surface area contributed by atoms with Crippen LogP contribution in [-0.4, -0.2) is 33.7 Å². The van der Waals surface area contributed by atoms with E-state index in [0.29, 0.717) is 6.42 Å². The van der Waals surface area contributed by atoms with Crippen molar-refractivity contribution < 1.29 is 19.8 Å². The van der Waals surface area contributed by atoms with Crippen LogP contribution in [0.2, 0.25) is 0 Å². The van der Waals surface area contributed by atoms with E-state index in [1.54, 1.807) is 20.8 Å². The molecule has 4 unspecified atom stereocenters. The molecule has 0 spiro atoms. The maximum absolute atomic E-state index is 12.0. The van der Waals surface area contributed by atoms with Crippen molar-refractivity contribution in [2.24, 2.45) is 16.7 Å². The lowest BCUT2D eigenvalue weighted by Crippen LogP contribution is -2.55. The lowest BCUT2D eigenvalue weighted by atomic mass is 9.55. The van der Waals surface area contributed by atoms with E-state index in [-0.39, 0.29) is 0 Å². The van der Waals surface area contributed by atoms with Gasteiger partial charge < -0.3 is 10.2 Å². The van der Waals surface area contributed by atoms with Crippen LogP contribution in [-0.2, 0) is 9.59 Å². The number of aliphatic carboxylic acids is 2. The summed E-state index contributed by atoms with van der Waals surface area (Å²) in [5.41, 5.74) is -2.83. The standard InChI is InChI=1S/C14H25NO4/c1-7-13(10(16)17)8(2)14(11(18)19,9(3)15-13)12(4,5)6/h8-9,15H,7H2,1-6H3,(H,16,17)(H,18,19). The normalized spacial score (nSPS) is 39.3. The lowest BCUT2D eigenvalue weighted by Gasteiger charge is -2.45. The van der Waals surface area contributed by atoms with E-state index in [2.05, 4.69) is 5.32 Å². The first-order chi connectivity index (χ1) is 8.48. The molecule has 4 atom stereocenters. The van der Waals surface area contributed by atoms with Crippen LogP contribution in [0.25, 0.3) is 0 Å². The van der Waals surface area contributed by atoms with Gasteiger partial charge in [-0.25, -0.2) is 0 Å². The number of nitrogens with one attached hydrogen (secondary N) is 1. The molecule has 0 aromatic rings. The van der Waals surface area contributed by atoms with Crippen LogP contribution in [0.1, 0.15) is 48.0 Å². The second kappa shape index (κ2) is 4.47. The van der Waals surface area contributed by atoms with E-state index < -0.39 is 40.3 Å². The van der Waals surface area contributed by atoms with E-state index in [0.717, 1.165) is 0 Å². The summed E-state index contributed by atoms with van der Waals surface area (Å²) < 4.78 is 0. The second-order valence-electron chi connectivity index (χ2n) is 6.64. The number of hydrogen-bond acceptors (Lipinski definition) is 3. The van der Waals surface area contributed by atoms with Crippen molar-refractivity contribution in [3.05, 3.63) is 0 Å². The largest absolute Gasteiger partial charge is 0.481 e. The van der Waals surface area contributed by atoms with Gasteiger partial charge in [0.05, 0.1) is 5.41 Å². The van der Waals surface area contributed by atoms with Crippen molar-refractivity contribution in [1.29, 1.82) is 0 Å². The third-order valence-corrected chi connectivity index (χ3v) is 5.11. The quantitative estimate of drug-likeness (QED) is 0.730. The molecule has 0 aliphatic carbocycles. The average molecular weight is 271 g/mol. The maximum atomic E-state index is 12.0. The van der Waals surface area contributed by atoms with Gasteiger partial charge in [0.1, 0.15) is 5.54 Å². The molecule has 1 fully saturated rings. The molecule has 0 aromatic carbocycles. The van der Waals surface area contributed by atoms with Crippen LogP contribution in [0.4, 0.5) is 0 Å². The van der Waals surface area contributed by atoms with Crippen LogP contribution in [0.3, 0.4) is 0 Å². The molecular weight excluding hydrogens is 246 g/mol. The van der Waals surface area contributed by atoms with Crippen molar-refractivity contribution in [2.75, 3.05) is 0 Å². The SMILES string of the molecule is CCC1(C(=O)O)NC(C)C(C(=O)O)(C(C)(C)C)C1C. The molecule has 110 valence electrons. The third kappa shape index (κ3) is 1.78. The Balaban J connectivity index is 3.53. The number of carbonyl (C=O) groups is 2. The predicted octanol–water partition coefficient (Wildman–Crippen LogP) is 1.96. The minimum atomic E-state index is -1.18. The topological polar surface area (TPSA) is 86.6 Å². The van der Waals surface area contributed by atoms with Crippen LogP contribution >= 0.6 is 0 Å². The highest BCUT2D eigenvalue weighted by Crippen LogP contribution is 2.56. The van der Waals surface area contributed by atoms with Crippen LogP contribution in [0.5, 0.6) is 0 Å². The Kier molecular flexibility index (Phi) is 3.76. The van der Waals surface area contributed by atoms with Crippen molar-refractivity contribution in [3.8, 4) is 0 Å². The summed E-state index contributed by atoms with van der Waals surface area (Å²) in [7, 11) is 0. The summed E-state index contributed by atoms with van der Waals surface area (Å²) >= 11 is 0. The Bertz CT molecular complexity index is 401. The van der Waals surface area contributed by atoms with Crippen molar-refractivity contribution in [1.82, 2.24) is 5.32 Å². The van der Waals surface area contributed by atoms with Crippen molar-refractivity contribution in [2.45, 2.75) is 59.5 Å². The van der Waals surface area contributed by atoms with E-state index in [1.165, 1.54) is 0 Å². The Morgan fingerprint density at radius 2 is 1.63 bits per heavy atom. The average Bonchev–Trinajstić information content (AvgIpc) is 2.47. The molecule has 0 amide bonds. The Hall–Kier alpha value is -1.10. The zero-order valence-corrected chi connectivity index (χ0v) is 12.6. The van der Waals surface area contributed by atoms with Gasteiger partial charge in [0.2, 0.25) is 0 Å². The van der Waals surface area contributed by atoms with Crippen LogP contribution < -0.4 is 5.32 Å². The smallest absolute Gasteiger partial charge is 0.324 e. The minimum Gasteiger partial charge on any atom is -0.481 e. The first-order valence-corrected chi connectivity index (χ1v) is 6.73. The minimum absolute atomic E-state index is 0.360. The molecule has 3 N–H and O–H groups in total. The summed E-state index contributed by atoms with van der Waals surface area (Å²) in [6, 6.07) is -0.406. The number of carboxylic acid groups (broad SMARTS) is 2. The highest BCUT2D eigenvalue weighted by Gasteiger charge is 2.69. The van der Waals surface area contributed by atoms with Gasteiger partial charge in [-0.2, -0.15) is 0 Å². The van der Waals surface area contributed by atoms with E-state index in [9.17, 15) is 19.8 Å². The summed E-state index contributed by atoms with van der Waals surface area (Å²) in [5.74, 6) is -2.40. The monoisotopic (exact) mass is 271 g/mol. The third-order valence-electron chi connectivity index (χ3n) is 5.11. The number of carboxylic acids is 2. The predicted molar refractivity (Wildman–Crippen MR) is 71.9 cm³/mol. The fraction of sp³-hybridized carbons (Fsp3) is 0.857. The van der Waals surface area contributed by atoms with Gasteiger partial charge in [-0.1, -0.05) is 34.6 Å². The Morgan fingerprint density at radius 1 is 1.16 bits per heavy atom. The molecule has 1 aliphatic rings. The first-order valence-electron chi connectivity index (χ1n) is 6.73. The van der Waals surface area contributed by atoms with Gasteiger partial charge in [-0.05, 0) is 18.8 Å². The van der Waals surface area contributed by atoms with Crippen LogP contribution in [0, 0.1) is 16.7 Å². The summed E-state index contributed by atoms with van der Waals surface area (Å²) in [6.45, 7) is 10.9. The molecule has 0 saturated carbocycles. The van der Waals surface area contributed by atoms with Gasteiger partial charge in [0.15, 0.2) is 0 Å². The second-order valence-corrected chi connectivity index (χ2v) is 6.64. The molecule has 0 bridgehead atoms. The molecule has 0 aromatic heterocycles. The zero-order valence-electron chi connectivity index (χ0n) is 12.6. The highest BCUT2D eigenvalue weighted by atomic mass is 16.4. The van der Waals surface area contributed by atoms with E-state index in [4.69, 9.17) is 0 Å². The molecule has 5 nitrogen and oxygen atoms in total. The first kappa shape index (κ1) is 16.0. The molecule has 1 saturated heterocycles. The lowest BCUT2D eigenvalue weighted by molar-refractivity contribution is -0.163. The zero-order chi connectivity index (χ0) is 15.2. The summed E-state index contributed by atoms with van der Waals surface area (Å²) in [6.07, 6.45) is 0.360. The Morgan fingerprint density at radius 3 is 1.79 bits per heavy atom. The van der Waals surface area contributed by atoms with Crippen molar-refractivity contribution in [3.63, 3.8) is 0 Å². The molecule has 1 aliphatic heterocycles. The fourth-order valence-electron chi connectivity index (χ4n) is 4.19. The number of hydrogen-bond donors (Lipinski definition) is 3. The van der Waals surface area contributed by atoms with Crippen molar-refractivity contribution >= 4 is 11.9 Å². The molecule has 1 heterocycles. The van der Waals surface area contributed by atoms with Gasteiger partial charge in [0.25, 0.3) is 0 Å². The fourth-order valence-corrected chi connectivity index (χ4v) is 4.19. The maximum Gasteiger partial charge on any atom is 0.324 e. The molecule has 1 rings (SSSR count). The molecule has 0 radical (unpaired) electrons. The van der Waals surface area contributed by atoms with Gasteiger partial charge >= 0.3 is 11.9 Å². The molecular formula is C14H25NO4. The summed E-state index contributed by atoms with van der Waals surface area (Å²) in [4.78, 5) is 23.7. The van der Waals surface area contributed by atoms with Crippen LogP contribution in [0.15, 0.2) is 0 Å². The molecule has 5 heteroatoms. The highest BCUT2D eigenvalue weighted by molar-refractivity contribution is 5.85. The van der Waals surface area contributed by atoms with E-state index >= 15 is 0 Å². The molecule has 19 heavy (non-hydrogen) atoms. The van der Waals surface area contributed by atoms with E-state index in [1.807, 2.05) is 20.8 Å². The van der Waals surface area contributed by atoms with Gasteiger partial charge in [0, 0.05) is 12.0 Å².